The quantitative estimate of drug-likeness (QED) is 0.821. The fourth-order valence-corrected chi connectivity index (χ4v) is 2.93. The molecule has 19 heavy (non-hydrogen) atoms. The minimum absolute atomic E-state index is 0.923. The van der Waals surface area contributed by atoms with Crippen LogP contribution in [0.2, 0.25) is 0 Å². The Morgan fingerprint density at radius 2 is 2.00 bits per heavy atom. The molecule has 0 atom stereocenters. The molecule has 0 amide bonds. The Kier molecular flexibility index (Phi) is 5.05. The van der Waals surface area contributed by atoms with E-state index < -0.39 is 0 Å². The number of rotatable bonds is 6. The fraction of sp³-hybridized carbons (Fsp3) is 0.400. The van der Waals surface area contributed by atoms with Gasteiger partial charge in [-0.2, -0.15) is 5.10 Å². The molecule has 0 unspecified atom stereocenters. The molecule has 0 aliphatic carbocycles. The van der Waals surface area contributed by atoms with Crippen molar-refractivity contribution in [3.05, 3.63) is 47.3 Å². The molecule has 4 heteroatoms. The molecule has 1 aromatic carbocycles. The van der Waals surface area contributed by atoms with Crippen molar-refractivity contribution in [2.75, 3.05) is 7.05 Å². The minimum Gasteiger partial charge on any atom is -0.316 e. The number of aromatic nitrogens is 2. The Morgan fingerprint density at radius 3 is 2.63 bits per heavy atom. The highest BCUT2D eigenvalue weighted by molar-refractivity contribution is 7.98. The molecule has 0 saturated heterocycles. The number of nitrogens with zero attached hydrogens (tertiary/aromatic N) is 2. The molecular weight excluding hydrogens is 254 g/mol. The molecule has 2 rings (SSSR count). The SMILES string of the molecule is CCn1nc(C)cc1CSc1ccc(CNC)cc1. The molecule has 1 heterocycles. The van der Waals surface area contributed by atoms with E-state index >= 15 is 0 Å². The van der Waals surface area contributed by atoms with Gasteiger partial charge in [-0.05, 0) is 44.7 Å². The number of hydrogen-bond acceptors (Lipinski definition) is 3. The third kappa shape index (κ3) is 3.85. The van der Waals surface area contributed by atoms with Crippen LogP contribution in [0, 0.1) is 6.92 Å². The normalized spacial score (nSPS) is 10.9. The van der Waals surface area contributed by atoms with Gasteiger partial charge in [0.2, 0.25) is 0 Å². The van der Waals surface area contributed by atoms with Gasteiger partial charge in [0.05, 0.1) is 5.69 Å². The standard InChI is InChI=1S/C15H21N3S/c1-4-18-14(9-12(2)17-18)11-19-15-7-5-13(6-8-15)10-16-3/h5-9,16H,4,10-11H2,1-3H3. The van der Waals surface area contributed by atoms with Crippen molar-refractivity contribution >= 4 is 11.8 Å². The van der Waals surface area contributed by atoms with Crippen molar-refractivity contribution < 1.29 is 0 Å². The summed E-state index contributed by atoms with van der Waals surface area (Å²) in [6.07, 6.45) is 0. The van der Waals surface area contributed by atoms with Crippen molar-refractivity contribution in [3.8, 4) is 0 Å². The monoisotopic (exact) mass is 275 g/mol. The summed E-state index contributed by atoms with van der Waals surface area (Å²) >= 11 is 1.86. The second-order valence-corrected chi connectivity index (χ2v) is 5.60. The molecule has 0 aliphatic rings. The van der Waals surface area contributed by atoms with E-state index in [1.54, 1.807) is 0 Å². The van der Waals surface area contributed by atoms with E-state index in [1.165, 1.54) is 16.2 Å². The van der Waals surface area contributed by atoms with E-state index in [1.807, 2.05) is 25.7 Å². The zero-order valence-electron chi connectivity index (χ0n) is 11.8. The summed E-state index contributed by atoms with van der Waals surface area (Å²) in [4.78, 5) is 1.31. The van der Waals surface area contributed by atoms with Crippen molar-refractivity contribution in [1.29, 1.82) is 0 Å². The third-order valence-corrected chi connectivity index (χ3v) is 4.02. The molecule has 0 aliphatic heterocycles. The second kappa shape index (κ2) is 6.78. The maximum absolute atomic E-state index is 4.47. The predicted octanol–water partition coefficient (Wildman–Crippen LogP) is 3.22. The Morgan fingerprint density at radius 1 is 1.26 bits per heavy atom. The van der Waals surface area contributed by atoms with Crippen LogP contribution in [0.25, 0.3) is 0 Å². The van der Waals surface area contributed by atoms with Gasteiger partial charge in [-0.15, -0.1) is 11.8 Å². The Labute approximate surface area is 119 Å². The van der Waals surface area contributed by atoms with Crippen LogP contribution in [0.4, 0.5) is 0 Å². The van der Waals surface area contributed by atoms with E-state index in [2.05, 4.69) is 52.4 Å². The summed E-state index contributed by atoms with van der Waals surface area (Å²) in [6, 6.07) is 10.9. The zero-order valence-corrected chi connectivity index (χ0v) is 12.6. The van der Waals surface area contributed by atoms with Crippen LogP contribution in [0.5, 0.6) is 0 Å². The van der Waals surface area contributed by atoms with Gasteiger partial charge in [-0.25, -0.2) is 0 Å². The first-order valence-electron chi connectivity index (χ1n) is 6.62. The molecule has 0 spiro atoms. The lowest BCUT2D eigenvalue weighted by atomic mass is 10.2. The minimum atomic E-state index is 0.923. The molecule has 1 aromatic heterocycles. The number of nitrogens with one attached hydrogen (secondary N) is 1. The van der Waals surface area contributed by atoms with E-state index in [-0.39, 0.29) is 0 Å². The maximum Gasteiger partial charge on any atom is 0.0596 e. The fourth-order valence-electron chi connectivity index (χ4n) is 2.05. The van der Waals surface area contributed by atoms with Crippen LogP contribution < -0.4 is 5.32 Å². The van der Waals surface area contributed by atoms with Gasteiger partial charge in [-0.1, -0.05) is 12.1 Å². The van der Waals surface area contributed by atoms with Crippen LogP contribution in [0.1, 0.15) is 23.9 Å². The first-order valence-corrected chi connectivity index (χ1v) is 7.61. The smallest absolute Gasteiger partial charge is 0.0596 e. The Hall–Kier alpha value is -1.26. The third-order valence-electron chi connectivity index (χ3n) is 2.98. The van der Waals surface area contributed by atoms with Gasteiger partial charge >= 0.3 is 0 Å². The summed E-state index contributed by atoms with van der Waals surface area (Å²) in [5.41, 5.74) is 3.72. The summed E-state index contributed by atoms with van der Waals surface area (Å²) < 4.78 is 2.08. The molecule has 0 fully saturated rings. The number of benzene rings is 1. The lowest BCUT2D eigenvalue weighted by Gasteiger charge is -2.05. The first kappa shape index (κ1) is 14.2. The van der Waals surface area contributed by atoms with Crippen LogP contribution in [0.3, 0.4) is 0 Å². The highest BCUT2D eigenvalue weighted by Gasteiger charge is 2.04. The lowest BCUT2D eigenvalue weighted by molar-refractivity contribution is 0.632. The summed E-state index contributed by atoms with van der Waals surface area (Å²) in [5, 5.41) is 7.64. The molecule has 0 saturated carbocycles. The summed E-state index contributed by atoms with van der Waals surface area (Å²) in [5.74, 6) is 0.972. The molecule has 2 aromatic rings. The number of aryl methyl sites for hydroxylation is 2. The molecular formula is C15H21N3S. The average Bonchev–Trinajstić information content (AvgIpc) is 2.79. The predicted molar refractivity (Wildman–Crippen MR) is 81.4 cm³/mol. The van der Waals surface area contributed by atoms with Crippen LogP contribution in [-0.4, -0.2) is 16.8 Å². The second-order valence-electron chi connectivity index (χ2n) is 4.56. The van der Waals surface area contributed by atoms with Crippen LogP contribution in [0.15, 0.2) is 35.2 Å². The molecule has 0 bridgehead atoms. The largest absolute Gasteiger partial charge is 0.316 e. The van der Waals surface area contributed by atoms with Crippen LogP contribution in [-0.2, 0) is 18.8 Å². The number of thioether (sulfide) groups is 1. The molecule has 102 valence electrons. The highest BCUT2D eigenvalue weighted by atomic mass is 32.2. The van der Waals surface area contributed by atoms with Crippen molar-refractivity contribution in [2.24, 2.45) is 0 Å². The summed E-state index contributed by atoms with van der Waals surface area (Å²) in [6.45, 7) is 6.04. The van der Waals surface area contributed by atoms with Crippen LogP contribution >= 0.6 is 11.8 Å². The molecule has 0 radical (unpaired) electrons. The topological polar surface area (TPSA) is 29.9 Å². The average molecular weight is 275 g/mol. The van der Waals surface area contributed by atoms with E-state index in [0.717, 1.165) is 24.5 Å². The maximum atomic E-state index is 4.47. The van der Waals surface area contributed by atoms with Gasteiger partial charge in [0.1, 0.15) is 0 Å². The van der Waals surface area contributed by atoms with Crippen molar-refractivity contribution in [2.45, 2.75) is 37.6 Å². The highest BCUT2D eigenvalue weighted by Crippen LogP contribution is 2.23. The van der Waals surface area contributed by atoms with E-state index in [9.17, 15) is 0 Å². The summed E-state index contributed by atoms with van der Waals surface area (Å²) in [7, 11) is 1.97. The van der Waals surface area contributed by atoms with Gasteiger partial charge in [0.15, 0.2) is 0 Å². The van der Waals surface area contributed by atoms with E-state index in [0.29, 0.717) is 0 Å². The van der Waals surface area contributed by atoms with Gasteiger partial charge in [-0.3, -0.25) is 4.68 Å². The Bertz CT molecular complexity index is 517. The van der Waals surface area contributed by atoms with Gasteiger partial charge in [0.25, 0.3) is 0 Å². The van der Waals surface area contributed by atoms with E-state index in [4.69, 9.17) is 0 Å². The molecule has 3 nitrogen and oxygen atoms in total. The lowest BCUT2D eigenvalue weighted by Crippen LogP contribution is -2.04. The van der Waals surface area contributed by atoms with Crippen molar-refractivity contribution in [1.82, 2.24) is 15.1 Å². The van der Waals surface area contributed by atoms with Crippen molar-refractivity contribution in [3.63, 3.8) is 0 Å². The number of hydrogen-bond donors (Lipinski definition) is 1. The Balaban J connectivity index is 1.97. The first-order chi connectivity index (χ1) is 9.22. The zero-order chi connectivity index (χ0) is 13.7. The van der Waals surface area contributed by atoms with Gasteiger partial charge < -0.3 is 5.32 Å². The molecule has 1 N–H and O–H groups in total. The van der Waals surface area contributed by atoms with Gasteiger partial charge in [0, 0.05) is 29.4 Å².